The first kappa shape index (κ1) is 15.2. The fourth-order valence-electron chi connectivity index (χ4n) is 3.44. The topological polar surface area (TPSA) is 50.8 Å². The SMILES string of the molecule is COc1cccc(CN2CC(C)(C3CCCNC3)OC2=O)c1. The highest BCUT2D eigenvalue weighted by atomic mass is 16.6. The van der Waals surface area contributed by atoms with Gasteiger partial charge in [0.25, 0.3) is 0 Å². The molecule has 3 rings (SSSR count). The summed E-state index contributed by atoms with van der Waals surface area (Å²) in [5.74, 6) is 1.20. The second kappa shape index (κ2) is 6.16. The standard InChI is InChI=1S/C17H24N2O3/c1-17(14-6-4-8-18-10-14)12-19(16(20)22-17)11-13-5-3-7-15(9-13)21-2/h3,5,7,9,14,18H,4,6,8,10-12H2,1-2H3. The first-order chi connectivity index (χ1) is 10.6. The summed E-state index contributed by atoms with van der Waals surface area (Å²) in [6, 6.07) is 7.82. The van der Waals surface area contributed by atoms with Crippen LogP contribution in [0.2, 0.25) is 0 Å². The van der Waals surface area contributed by atoms with Crippen LogP contribution in [0.3, 0.4) is 0 Å². The Morgan fingerprint density at radius 1 is 1.50 bits per heavy atom. The fraction of sp³-hybridized carbons (Fsp3) is 0.588. The van der Waals surface area contributed by atoms with Crippen LogP contribution in [0.15, 0.2) is 24.3 Å². The Bertz CT molecular complexity index is 542. The zero-order valence-corrected chi connectivity index (χ0v) is 13.3. The molecule has 1 amide bonds. The van der Waals surface area contributed by atoms with Gasteiger partial charge in [-0.15, -0.1) is 0 Å². The van der Waals surface area contributed by atoms with Crippen LogP contribution in [0.25, 0.3) is 0 Å². The normalized spacial score (nSPS) is 28.5. The van der Waals surface area contributed by atoms with E-state index in [0.717, 1.165) is 37.2 Å². The van der Waals surface area contributed by atoms with Gasteiger partial charge >= 0.3 is 6.09 Å². The highest BCUT2D eigenvalue weighted by molar-refractivity contribution is 5.70. The zero-order valence-electron chi connectivity index (χ0n) is 13.3. The van der Waals surface area contributed by atoms with E-state index in [1.807, 2.05) is 24.3 Å². The van der Waals surface area contributed by atoms with E-state index in [2.05, 4.69) is 12.2 Å². The largest absolute Gasteiger partial charge is 0.497 e. The van der Waals surface area contributed by atoms with Crippen LogP contribution < -0.4 is 10.1 Å². The number of nitrogens with zero attached hydrogens (tertiary/aromatic N) is 1. The van der Waals surface area contributed by atoms with E-state index in [1.54, 1.807) is 12.0 Å². The number of nitrogens with one attached hydrogen (secondary N) is 1. The Morgan fingerprint density at radius 3 is 3.09 bits per heavy atom. The lowest BCUT2D eigenvalue weighted by atomic mass is 9.83. The van der Waals surface area contributed by atoms with Crippen LogP contribution in [0.5, 0.6) is 5.75 Å². The number of rotatable bonds is 4. The molecule has 120 valence electrons. The van der Waals surface area contributed by atoms with E-state index in [-0.39, 0.29) is 11.7 Å². The van der Waals surface area contributed by atoms with Gasteiger partial charge < -0.3 is 14.8 Å². The molecule has 2 atom stereocenters. The summed E-state index contributed by atoms with van der Waals surface area (Å²) in [6.45, 7) is 5.26. The number of hydrogen-bond acceptors (Lipinski definition) is 4. The predicted octanol–water partition coefficient (Wildman–Crippen LogP) is 2.41. The molecule has 1 aromatic rings. The lowest BCUT2D eigenvalue weighted by Crippen LogP contribution is -2.46. The summed E-state index contributed by atoms with van der Waals surface area (Å²) < 4.78 is 11.0. The molecule has 2 unspecified atom stereocenters. The van der Waals surface area contributed by atoms with E-state index in [1.165, 1.54) is 0 Å². The van der Waals surface area contributed by atoms with Crippen LogP contribution in [-0.4, -0.2) is 43.3 Å². The molecular formula is C17H24N2O3. The number of hydrogen-bond donors (Lipinski definition) is 1. The maximum atomic E-state index is 12.2. The van der Waals surface area contributed by atoms with Gasteiger partial charge in [0.1, 0.15) is 11.4 Å². The summed E-state index contributed by atoms with van der Waals surface area (Å²) in [5.41, 5.74) is 0.672. The van der Waals surface area contributed by atoms with Crippen molar-refractivity contribution in [3.8, 4) is 5.75 Å². The summed E-state index contributed by atoms with van der Waals surface area (Å²) >= 11 is 0. The van der Waals surface area contributed by atoms with Crippen molar-refractivity contribution in [2.45, 2.75) is 31.9 Å². The number of cyclic esters (lactones) is 1. The van der Waals surface area contributed by atoms with Gasteiger partial charge in [0.05, 0.1) is 13.7 Å². The van der Waals surface area contributed by atoms with Crippen molar-refractivity contribution in [2.24, 2.45) is 5.92 Å². The third kappa shape index (κ3) is 3.04. The zero-order chi connectivity index (χ0) is 15.6. The van der Waals surface area contributed by atoms with Gasteiger partial charge in [0.15, 0.2) is 0 Å². The van der Waals surface area contributed by atoms with E-state index in [9.17, 15) is 4.79 Å². The predicted molar refractivity (Wildman–Crippen MR) is 83.9 cm³/mol. The summed E-state index contributed by atoms with van der Waals surface area (Å²) in [7, 11) is 1.65. The molecule has 0 radical (unpaired) electrons. The summed E-state index contributed by atoms with van der Waals surface area (Å²) in [6.07, 6.45) is 2.05. The minimum atomic E-state index is -0.386. The lowest BCUT2D eigenvalue weighted by Gasteiger charge is -2.34. The number of amides is 1. The molecule has 0 saturated carbocycles. The van der Waals surface area contributed by atoms with Crippen LogP contribution in [0, 0.1) is 5.92 Å². The highest BCUT2D eigenvalue weighted by Crippen LogP contribution is 2.34. The maximum Gasteiger partial charge on any atom is 0.410 e. The van der Waals surface area contributed by atoms with Gasteiger partial charge in [-0.25, -0.2) is 4.79 Å². The van der Waals surface area contributed by atoms with E-state index < -0.39 is 0 Å². The molecular weight excluding hydrogens is 280 g/mol. The molecule has 2 aliphatic heterocycles. The molecule has 0 aliphatic carbocycles. The number of benzene rings is 1. The third-order valence-corrected chi connectivity index (χ3v) is 4.75. The maximum absolute atomic E-state index is 12.2. The van der Waals surface area contributed by atoms with Gasteiger partial charge in [-0.3, -0.25) is 4.90 Å². The summed E-state index contributed by atoms with van der Waals surface area (Å²) in [5, 5.41) is 3.41. The van der Waals surface area contributed by atoms with E-state index in [0.29, 0.717) is 19.0 Å². The molecule has 5 heteroatoms. The van der Waals surface area contributed by atoms with Gasteiger partial charge in [-0.1, -0.05) is 12.1 Å². The van der Waals surface area contributed by atoms with Crippen molar-refractivity contribution in [2.75, 3.05) is 26.7 Å². The lowest BCUT2D eigenvalue weighted by molar-refractivity contribution is 0.0121. The molecule has 1 N–H and O–H groups in total. The number of methoxy groups -OCH3 is 1. The number of carbonyl (C=O) groups is 1. The first-order valence-corrected chi connectivity index (χ1v) is 7.92. The minimum Gasteiger partial charge on any atom is -0.497 e. The van der Waals surface area contributed by atoms with Gasteiger partial charge in [0, 0.05) is 19.0 Å². The molecule has 2 aliphatic rings. The minimum absolute atomic E-state index is 0.212. The van der Waals surface area contributed by atoms with Crippen LogP contribution in [0.4, 0.5) is 4.79 Å². The van der Waals surface area contributed by atoms with Crippen molar-refractivity contribution in [1.82, 2.24) is 10.2 Å². The van der Waals surface area contributed by atoms with Crippen molar-refractivity contribution < 1.29 is 14.3 Å². The second-order valence-electron chi connectivity index (χ2n) is 6.43. The van der Waals surface area contributed by atoms with Crippen molar-refractivity contribution in [3.05, 3.63) is 29.8 Å². The summed E-state index contributed by atoms with van der Waals surface area (Å²) in [4.78, 5) is 14.0. The Labute approximate surface area is 131 Å². The van der Waals surface area contributed by atoms with Crippen molar-refractivity contribution >= 4 is 6.09 Å². The van der Waals surface area contributed by atoms with Crippen LogP contribution in [-0.2, 0) is 11.3 Å². The molecule has 0 bridgehead atoms. The molecule has 2 fully saturated rings. The van der Waals surface area contributed by atoms with Crippen molar-refractivity contribution in [1.29, 1.82) is 0 Å². The molecule has 2 heterocycles. The third-order valence-electron chi connectivity index (χ3n) is 4.75. The van der Waals surface area contributed by atoms with E-state index >= 15 is 0 Å². The van der Waals surface area contributed by atoms with Crippen LogP contribution >= 0.6 is 0 Å². The number of piperidine rings is 1. The van der Waals surface area contributed by atoms with E-state index in [4.69, 9.17) is 9.47 Å². The van der Waals surface area contributed by atoms with Crippen LogP contribution in [0.1, 0.15) is 25.3 Å². The van der Waals surface area contributed by atoms with Gasteiger partial charge in [0.2, 0.25) is 0 Å². The number of carbonyl (C=O) groups excluding carboxylic acids is 1. The Hall–Kier alpha value is -1.75. The van der Waals surface area contributed by atoms with Crippen molar-refractivity contribution in [3.63, 3.8) is 0 Å². The Balaban J connectivity index is 1.68. The molecule has 5 nitrogen and oxygen atoms in total. The molecule has 1 aromatic carbocycles. The fourth-order valence-corrected chi connectivity index (χ4v) is 3.44. The van der Waals surface area contributed by atoms with Gasteiger partial charge in [-0.05, 0) is 44.0 Å². The molecule has 2 saturated heterocycles. The number of ether oxygens (including phenoxy) is 2. The molecule has 0 aromatic heterocycles. The Morgan fingerprint density at radius 2 is 2.36 bits per heavy atom. The average molecular weight is 304 g/mol. The highest BCUT2D eigenvalue weighted by Gasteiger charge is 2.47. The molecule has 0 spiro atoms. The monoisotopic (exact) mass is 304 g/mol. The quantitative estimate of drug-likeness (QED) is 0.928. The smallest absolute Gasteiger partial charge is 0.410 e. The van der Waals surface area contributed by atoms with Gasteiger partial charge in [-0.2, -0.15) is 0 Å². The average Bonchev–Trinajstić information content (AvgIpc) is 2.84. The molecule has 22 heavy (non-hydrogen) atoms. The first-order valence-electron chi connectivity index (χ1n) is 7.92. The second-order valence-corrected chi connectivity index (χ2v) is 6.43. The Kier molecular flexibility index (Phi) is 4.25.